The lowest BCUT2D eigenvalue weighted by Gasteiger charge is -2.26. The molecule has 3 atom stereocenters. The molecule has 0 aliphatic carbocycles. The molecule has 1 fully saturated rings. The maximum absolute atomic E-state index is 6.10. The molecule has 1 rings (SSSR count). The summed E-state index contributed by atoms with van der Waals surface area (Å²) in [6.45, 7) is 5.46. The molecule has 0 aromatic carbocycles. The summed E-state index contributed by atoms with van der Waals surface area (Å²) >= 11 is 0. The summed E-state index contributed by atoms with van der Waals surface area (Å²) in [7, 11) is 0. The zero-order valence-corrected chi connectivity index (χ0v) is 9.67. The zero-order valence-electron chi connectivity index (χ0n) is 9.67. The van der Waals surface area contributed by atoms with Gasteiger partial charge in [0.15, 0.2) is 0 Å². The van der Waals surface area contributed by atoms with Crippen LogP contribution >= 0.6 is 0 Å². The van der Waals surface area contributed by atoms with Crippen LogP contribution in [0.25, 0.3) is 0 Å². The van der Waals surface area contributed by atoms with Crippen LogP contribution in [0, 0.1) is 5.92 Å². The topological polar surface area (TPSA) is 35.2 Å². The lowest BCUT2D eigenvalue weighted by atomic mass is 9.94. The van der Waals surface area contributed by atoms with E-state index in [2.05, 4.69) is 13.8 Å². The van der Waals surface area contributed by atoms with Crippen LogP contribution in [-0.4, -0.2) is 18.8 Å². The molecule has 14 heavy (non-hydrogen) atoms. The van der Waals surface area contributed by atoms with E-state index in [9.17, 15) is 0 Å². The van der Waals surface area contributed by atoms with Crippen LogP contribution in [0.15, 0.2) is 0 Å². The average Bonchev–Trinajstić information content (AvgIpc) is 2.19. The molecule has 1 saturated heterocycles. The third kappa shape index (κ3) is 4.43. The van der Waals surface area contributed by atoms with Gasteiger partial charge in [0, 0.05) is 12.6 Å². The van der Waals surface area contributed by atoms with Gasteiger partial charge in [-0.2, -0.15) is 0 Å². The predicted octanol–water partition coefficient (Wildman–Crippen LogP) is 2.71. The first-order valence-corrected chi connectivity index (χ1v) is 6.09. The normalized spacial score (nSPS) is 27.2. The molecule has 2 nitrogen and oxygen atoms in total. The van der Waals surface area contributed by atoms with Crippen molar-refractivity contribution in [3.63, 3.8) is 0 Å². The maximum atomic E-state index is 6.10. The molecule has 0 aromatic rings. The van der Waals surface area contributed by atoms with Gasteiger partial charge in [0.05, 0.1) is 6.10 Å². The summed E-state index contributed by atoms with van der Waals surface area (Å²) in [5.41, 5.74) is 6.10. The summed E-state index contributed by atoms with van der Waals surface area (Å²) in [4.78, 5) is 0. The molecule has 1 heterocycles. The molecule has 0 radical (unpaired) electrons. The van der Waals surface area contributed by atoms with Gasteiger partial charge >= 0.3 is 0 Å². The predicted molar refractivity (Wildman–Crippen MR) is 60.3 cm³/mol. The van der Waals surface area contributed by atoms with Crippen LogP contribution < -0.4 is 5.73 Å². The number of nitrogens with two attached hydrogens (primary N) is 1. The number of hydrogen-bond donors (Lipinski definition) is 1. The highest BCUT2D eigenvalue weighted by Gasteiger charge is 2.18. The van der Waals surface area contributed by atoms with E-state index in [1.54, 1.807) is 0 Å². The Morgan fingerprint density at radius 3 is 2.79 bits per heavy atom. The highest BCUT2D eigenvalue weighted by Crippen LogP contribution is 2.19. The van der Waals surface area contributed by atoms with Crippen LogP contribution in [0.1, 0.15) is 52.4 Å². The van der Waals surface area contributed by atoms with E-state index >= 15 is 0 Å². The van der Waals surface area contributed by atoms with Crippen molar-refractivity contribution in [2.24, 2.45) is 11.7 Å². The van der Waals surface area contributed by atoms with E-state index in [0.29, 0.717) is 12.1 Å². The molecule has 3 unspecified atom stereocenters. The fraction of sp³-hybridized carbons (Fsp3) is 1.00. The first-order valence-electron chi connectivity index (χ1n) is 6.09. The minimum absolute atomic E-state index is 0.341. The Kier molecular flexibility index (Phi) is 5.49. The van der Waals surface area contributed by atoms with E-state index in [4.69, 9.17) is 10.5 Å². The summed E-state index contributed by atoms with van der Waals surface area (Å²) in [6, 6.07) is 0.341. The Balaban J connectivity index is 2.14. The Morgan fingerprint density at radius 1 is 1.43 bits per heavy atom. The molecule has 0 spiro atoms. The molecule has 1 aliphatic heterocycles. The van der Waals surface area contributed by atoms with Gasteiger partial charge in [-0.1, -0.05) is 20.3 Å². The number of ether oxygens (including phenoxy) is 1. The smallest absolute Gasteiger partial charge is 0.0589 e. The van der Waals surface area contributed by atoms with Gasteiger partial charge in [0.1, 0.15) is 0 Å². The van der Waals surface area contributed by atoms with Gasteiger partial charge in [-0.15, -0.1) is 0 Å². The fourth-order valence-electron chi connectivity index (χ4n) is 2.11. The first kappa shape index (κ1) is 12.0. The third-order valence-electron chi connectivity index (χ3n) is 3.24. The van der Waals surface area contributed by atoms with E-state index < -0.39 is 0 Å². The Morgan fingerprint density at radius 2 is 2.21 bits per heavy atom. The SMILES string of the molecule is CCC(C)CC(N)CC1CCCCO1. The highest BCUT2D eigenvalue weighted by atomic mass is 16.5. The van der Waals surface area contributed by atoms with Crippen LogP contribution in [0.5, 0.6) is 0 Å². The van der Waals surface area contributed by atoms with Crippen molar-refractivity contribution in [1.29, 1.82) is 0 Å². The van der Waals surface area contributed by atoms with Gasteiger partial charge in [0.2, 0.25) is 0 Å². The maximum Gasteiger partial charge on any atom is 0.0589 e. The van der Waals surface area contributed by atoms with E-state index in [-0.39, 0.29) is 0 Å². The summed E-state index contributed by atoms with van der Waals surface area (Å²) < 4.78 is 5.68. The molecule has 84 valence electrons. The Bertz CT molecular complexity index is 143. The Hall–Kier alpha value is -0.0800. The molecular formula is C12H25NO. The van der Waals surface area contributed by atoms with Crippen LogP contribution in [0.3, 0.4) is 0 Å². The minimum Gasteiger partial charge on any atom is -0.378 e. The quantitative estimate of drug-likeness (QED) is 0.739. The standard InChI is InChI=1S/C12H25NO/c1-3-10(2)8-11(13)9-12-6-4-5-7-14-12/h10-12H,3-9,13H2,1-2H3. The first-order chi connectivity index (χ1) is 6.72. The summed E-state index contributed by atoms with van der Waals surface area (Å²) in [6.07, 6.45) is 7.66. The number of rotatable bonds is 5. The van der Waals surface area contributed by atoms with Crippen molar-refractivity contribution >= 4 is 0 Å². The molecule has 2 N–H and O–H groups in total. The molecule has 1 aliphatic rings. The lowest BCUT2D eigenvalue weighted by Crippen LogP contribution is -2.31. The van der Waals surface area contributed by atoms with Gasteiger partial charge in [0.25, 0.3) is 0 Å². The second kappa shape index (κ2) is 6.41. The lowest BCUT2D eigenvalue weighted by molar-refractivity contribution is 0.00629. The minimum atomic E-state index is 0.341. The van der Waals surface area contributed by atoms with Crippen molar-refractivity contribution in [1.82, 2.24) is 0 Å². The van der Waals surface area contributed by atoms with E-state index in [0.717, 1.165) is 25.4 Å². The fourth-order valence-corrected chi connectivity index (χ4v) is 2.11. The second-order valence-electron chi connectivity index (χ2n) is 4.73. The summed E-state index contributed by atoms with van der Waals surface area (Å²) in [5.74, 6) is 0.758. The van der Waals surface area contributed by atoms with Crippen LogP contribution in [0.2, 0.25) is 0 Å². The largest absolute Gasteiger partial charge is 0.378 e. The van der Waals surface area contributed by atoms with Crippen molar-refractivity contribution < 1.29 is 4.74 Å². The van der Waals surface area contributed by atoms with Gasteiger partial charge in [-0.25, -0.2) is 0 Å². The molecule has 2 heteroatoms. The monoisotopic (exact) mass is 199 g/mol. The van der Waals surface area contributed by atoms with Crippen molar-refractivity contribution in [2.45, 2.75) is 64.5 Å². The third-order valence-corrected chi connectivity index (χ3v) is 3.24. The van der Waals surface area contributed by atoms with Gasteiger partial charge in [-0.3, -0.25) is 0 Å². The van der Waals surface area contributed by atoms with Crippen molar-refractivity contribution in [3.8, 4) is 0 Å². The molecule has 0 saturated carbocycles. The van der Waals surface area contributed by atoms with E-state index in [1.807, 2.05) is 0 Å². The Labute approximate surface area is 88.2 Å². The molecule has 0 aromatic heterocycles. The van der Waals surface area contributed by atoms with Crippen LogP contribution in [-0.2, 0) is 4.74 Å². The molecule has 0 amide bonds. The highest BCUT2D eigenvalue weighted by molar-refractivity contribution is 4.73. The zero-order chi connectivity index (χ0) is 10.4. The summed E-state index contributed by atoms with van der Waals surface area (Å²) in [5, 5.41) is 0. The number of hydrogen-bond acceptors (Lipinski definition) is 2. The van der Waals surface area contributed by atoms with Crippen molar-refractivity contribution in [2.75, 3.05) is 6.61 Å². The van der Waals surface area contributed by atoms with Gasteiger partial charge < -0.3 is 10.5 Å². The second-order valence-corrected chi connectivity index (χ2v) is 4.73. The van der Waals surface area contributed by atoms with Crippen molar-refractivity contribution in [3.05, 3.63) is 0 Å². The van der Waals surface area contributed by atoms with Gasteiger partial charge in [-0.05, 0) is 38.0 Å². The van der Waals surface area contributed by atoms with Crippen LogP contribution in [0.4, 0.5) is 0 Å². The molecule has 0 bridgehead atoms. The molecular weight excluding hydrogens is 174 g/mol. The van der Waals surface area contributed by atoms with E-state index in [1.165, 1.54) is 25.7 Å². The average molecular weight is 199 g/mol.